The van der Waals surface area contributed by atoms with Crippen molar-refractivity contribution in [3.63, 3.8) is 0 Å². The number of hydrogen-bond acceptors (Lipinski definition) is 6. The Kier molecular flexibility index (Phi) is 2.63. The number of fused-ring (bicyclic) bond motifs is 2. The molecule has 3 amide bonds. The molecule has 0 aromatic rings. The van der Waals surface area contributed by atoms with Gasteiger partial charge in [0, 0.05) is 6.42 Å². The van der Waals surface area contributed by atoms with Crippen LogP contribution in [-0.4, -0.2) is 63.5 Å². The number of ether oxygens (including phenoxy) is 1. The molecule has 2 fully saturated rings. The Labute approximate surface area is 109 Å². The molecule has 0 saturated carbocycles. The van der Waals surface area contributed by atoms with Crippen LogP contribution in [-0.2, 0) is 9.53 Å². The van der Waals surface area contributed by atoms with Crippen LogP contribution in [0, 0.1) is 0 Å². The Balaban J connectivity index is 1.96. The van der Waals surface area contributed by atoms with Crippen molar-refractivity contribution >= 4 is 17.6 Å². The monoisotopic (exact) mass is 269 g/mol. The number of carbonyl (C=O) groups is 2. The van der Waals surface area contributed by atoms with Crippen molar-refractivity contribution in [2.75, 3.05) is 6.61 Å². The van der Waals surface area contributed by atoms with E-state index in [0.29, 0.717) is 5.71 Å². The third-order valence-corrected chi connectivity index (χ3v) is 3.87. The van der Waals surface area contributed by atoms with E-state index in [-0.39, 0.29) is 25.4 Å². The van der Waals surface area contributed by atoms with Crippen LogP contribution < -0.4 is 5.32 Å². The molecule has 3 rings (SSSR count). The van der Waals surface area contributed by atoms with Crippen LogP contribution in [0.1, 0.15) is 19.8 Å². The molecule has 3 heterocycles. The first-order valence-corrected chi connectivity index (χ1v) is 6.12. The van der Waals surface area contributed by atoms with E-state index in [1.807, 2.05) is 0 Å². The Morgan fingerprint density at radius 3 is 2.95 bits per heavy atom. The molecule has 3 aliphatic heterocycles. The Hall–Kier alpha value is -1.51. The predicted molar refractivity (Wildman–Crippen MR) is 62.2 cm³/mol. The Morgan fingerprint density at radius 1 is 1.58 bits per heavy atom. The topological polar surface area (TPSA) is 111 Å². The van der Waals surface area contributed by atoms with Crippen LogP contribution in [0.4, 0.5) is 4.79 Å². The molecule has 104 valence electrons. The fourth-order valence-corrected chi connectivity index (χ4v) is 2.97. The molecule has 8 heteroatoms. The number of urea groups is 1. The number of nitrogens with zero attached hydrogens (tertiary/aromatic N) is 2. The zero-order valence-electron chi connectivity index (χ0n) is 10.4. The molecule has 19 heavy (non-hydrogen) atoms. The van der Waals surface area contributed by atoms with Crippen molar-refractivity contribution in [2.24, 2.45) is 4.99 Å². The summed E-state index contributed by atoms with van der Waals surface area (Å²) in [4.78, 5) is 29.0. The van der Waals surface area contributed by atoms with Gasteiger partial charge in [0.25, 0.3) is 0 Å². The maximum Gasteiger partial charge on any atom is 0.328 e. The van der Waals surface area contributed by atoms with Crippen LogP contribution in [0.15, 0.2) is 4.99 Å². The van der Waals surface area contributed by atoms with Gasteiger partial charge in [-0.1, -0.05) is 0 Å². The summed E-state index contributed by atoms with van der Waals surface area (Å²) in [5.41, 5.74) is -0.611. The van der Waals surface area contributed by atoms with Crippen LogP contribution in [0.25, 0.3) is 0 Å². The number of aliphatic imine (C=N–C) groups is 1. The van der Waals surface area contributed by atoms with Gasteiger partial charge in [-0.3, -0.25) is 20.0 Å². The molecule has 0 aliphatic carbocycles. The van der Waals surface area contributed by atoms with E-state index in [2.05, 4.69) is 10.3 Å². The van der Waals surface area contributed by atoms with Crippen molar-refractivity contribution in [3.05, 3.63) is 0 Å². The van der Waals surface area contributed by atoms with Crippen LogP contribution in [0.3, 0.4) is 0 Å². The van der Waals surface area contributed by atoms with Gasteiger partial charge in [-0.05, 0) is 6.92 Å². The van der Waals surface area contributed by atoms with Crippen molar-refractivity contribution in [1.29, 1.82) is 0 Å². The average Bonchev–Trinajstić information content (AvgIpc) is 2.78. The van der Waals surface area contributed by atoms with Crippen LogP contribution >= 0.6 is 0 Å². The summed E-state index contributed by atoms with van der Waals surface area (Å²) in [5, 5.41) is 21.3. The molecule has 8 nitrogen and oxygen atoms in total. The minimum atomic E-state index is -1.15. The first-order chi connectivity index (χ1) is 8.98. The van der Waals surface area contributed by atoms with Gasteiger partial charge in [0.2, 0.25) is 5.91 Å². The summed E-state index contributed by atoms with van der Waals surface area (Å²) in [6, 6.07) is -0.576. The molecule has 3 aliphatic rings. The second-order valence-corrected chi connectivity index (χ2v) is 5.02. The average molecular weight is 269 g/mol. The summed E-state index contributed by atoms with van der Waals surface area (Å²) in [7, 11) is 0. The zero-order valence-corrected chi connectivity index (χ0v) is 10.4. The van der Waals surface area contributed by atoms with E-state index in [4.69, 9.17) is 4.74 Å². The van der Waals surface area contributed by atoms with Gasteiger partial charge in [-0.2, -0.15) is 0 Å². The molecular weight excluding hydrogens is 254 g/mol. The molecule has 0 radical (unpaired) electrons. The van der Waals surface area contributed by atoms with E-state index >= 15 is 0 Å². The summed E-state index contributed by atoms with van der Waals surface area (Å²) >= 11 is 0. The van der Waals surface area contributed by atoms with E-state index in [1.54, 1.807) is 6.92 Å². The number of amides is 3. The summed E-state index contributed by atoms with van der Waals surface area (Å²) < 4.78 is 5.68. The third-order valence-electron chi connectivity index (χ3n) is 3.87. The number of imide groups is 1. The molecule has 4 atom stereocenters. The van der Waals surface area contributed by atoms with Gasteiger partial charge in [-0.25, -0.2) is 4.79 Å². The minimum absolute atomic E-state index is 0.0775. The minimum Gasteiger partial charge on any atom is -0.394 e. The number of carbonyl (C=O) groups excluding carboxylic acids is 2. The number of hydrogen-bond donors (Lipinski definition) is 3. The van der Waals surface area contributed by atoms with Crippen molar-refractivity contribution in [2.45, 2.75) is 43.9 Å². The maximum atomic E-state index is 12.0. The van der Waals surface area contributed by atoms with Crippen molar-refractivity contribution < 1.29 is 24.5 Å². The lowest BCUT2D eigenvalue weighted by Gasteiger charge is -2.39. The Bertz CT molecular complexity index is 479. The molecule has 0 aromatic heterocycles. The highest BCUT2D eigenvalue weighted by atomic mass is 16.6. The van der Waals surface area contributed by atoms with Crippen LogP contribution in [0.2, 0.25) is 0 Å². The predicted octanol–water partition coefficient (Wildman–Crippen LogP) is -1.43. The molecule has 0 aromatic carbocycles. The highest BCUT2D eigenvalue weighted by Gasteiger charge is 2.60. The Morgan fingerprint density at radius 2 is 2.32 bits per heavy atom. The number of aliphatic hydroxyl groups excluding tert-OH is 2. The van der Waals surface area contributed by atoms with E-state index in [9.17, 15) is 19.8 Å². The first kappa shape index (κ1) is 12.5. The van der Waals surface area contributed by atoms with Gasteiger partial charge in [0.05, 0.1) is 24.8 Å². The number of rotatable bonds is 1. The molecular formula is C11H15N3O5. The van der Waals surface area contributed by atoms with Gasteiger partial charge >= 0.3 is 6.03 Å². The van der Waals surface area contributed by atoms with E-state index in [1.165, 1.54) is 4.90 Å². The lowest BCUT2D eigenvalue weighted by Crippen LogP contribution is -2.62. The quantitative estimate of drug-likeness (QED) is 0.540. The normalized spacial score (nSPS) is 41.5. The second kappa shape index (κ2) is 3.99. The van der Waals surface area contributed by atoms with Gasteiger partial charge in [0.15, 0.2) is 5.72 Å². The highest BCUT2D eigenvalue weighted by molar-refractivity contribution is 6.03. The van der Waals surface area contributed by atoms with Gasteiger partial charge in [-0.15, -0.1) is 0 Å². The largest absolute Gasteiger partial charge is 0.394 e. The molecule has 3 N–H and O–H groups in total. The van der Waals surface area contributed by atoms with E-state index < -0.39 is 30.1 Å². The molecule has 2 saturated heterocycles. The highest BCUT2D eigenvalue weighted by Crippen LogP contribution is 2.42. The fourth-order valence-electron chi connectivity index (χ4n) is 2.97. The molecule has 1 spiro atoms. The zero-order chi connectivity index (χ0) is 13.8. The smallest absolute Gasteiger partial charge is 0.328 e. The third kappa shape index (κ3) is 1.60. The first-order valence-electron chi connectivity index (χ1n) is 6.12. The lowest BCUT2D eigenvalue weighted by atomic mass is 10.0. The van der Waals surface area contributed by atoms with Crippen molar-refractivity contribution in [3.8, 4) is 0 Å². The molecule has 0 bridgehead atoms. The second-order valence-electron chi connectivity index (χ2n) is 5.02. The fraction of sp³-hybridized carbons (Fsp3) is 0.727. The lowest BCUT2D eigenvalue weighted by molar-refractivity contribution is -0.129. The number of nitrogens with one attached hydrogen (secondary N) is 1. The van der Waals surface area contributed by atoms with Gasteiger partial charge in [0.1, 0.15) is 12.3 Å². The standard InChI is InChI=1S/C11H15N3O5/c1-5-11(3-6(16)7(4-15)19-11)14-8(12-5)2-9(17)13-10(14)18/h6-8,15-16H,2-4H2,1H3,(H,13,17,18)/t6-,7+,8?,11-/m0/s1. The summed E-state index contributed by atoms with van der Waals surface area (Å²) in [5.74, 6) is -0.378. The number of aliphatic hydroxyl groups is 2. The summed E-state index contributed by atoms with van der Waals surface area (Å²) in [6.07, 6.45) is -2.00. The van der Waals surface area contributed by atoms with Crippen molar-refractivity contribution in [1.82, 2.24) is 10.2 Å². The van der Waals surface area contributed by atoms with Gasteiger partial charge < -0.3 is 14.9 Å². The SMILES string of the molecule is CC1=NC2CC(=O)NC(=O)N2[C@]12C[C@H](O)[C@@H](CO)O2. The van der Waals surface area contributed by atoms with Crippen LogP contribution in [0.5, 0.6) is 0 Å². The maximum absolute atomic E-state index is 12.0. The van der Waals surface area contributed by atoms with E-state index in [0.717, 1.165) is 0 Å². The molecule has 1 unspecified atom stereocenters. The summed E-state index contributed by atoms with van der Waals surface area (Å²) in [6.45, 7) is 1.36.